The van der Waals surface area contributed by atoms with Crippen LogP contribution in [0.3, 0.4) is 0 Å². The first-order chi connectivity index (χ1) is 8.22. The fraction of sp³-hybridized carbons (Fsp3) is 0.500. The zero-order chi connectivity index (χ0) is 12.3. The number of para-hydroxylation sites is 2. The van der Waals surface area contributed by atoms with Gasteiger partial charge in [0.05, 0.1) is 11.4 Å². The Hall–Kier alpha value is -1.51. The Morgan fingerprint density at radius 2 is 2.24 bits per heavy atom. The molecule has 1 atom stereocenters. The van der Waals surface area contributed by atoms with Crippen molar-refractivity contribution in [1.82, 2.24) is 0 Å². The molecule has 92 valence electrons. The van der Waals surface area contributed by atoms with Crippen LogP contribution in [0.4, 0.5) is 11.4 Å². The maximum Gasteiger partial charge on any atom is 0.223 e. The molecule has 0 aliphatic carbocycles. The van der Waals surface area contributed by atoms with Crippen molar-refractivity contribution < 1.29 is 4.79 Å². The van der Waals surface area contributed by atoms with E-state index in [-0.39, 0.29) is 5.91 Å². The highest BCUT2D eigenvalue weighted by Crippen LogP contribution is 2.31. The fourth-order valence-corrected chi connectivity index (χ4v) is 2.33. The molecule has 1 aromatic rings. The van der Waals surface area contributed by atoms with Crippen LogP contribution in [0.15, 0.2) is 24.3 Å². The number of benzene rings is 1. The summed E-state index contributed by atoms with van der Waals surface area (Å²) >= 11 is 0. The largest absolute Gasteiger partial charge is 0.379 e. The minimum absolute atomic E-state index is 0.125. The predicted molar refractivity (Wildman–Crippen MR) is 71.4 cm³/mol. The number of anilines is 2. The van der Waals surface area contributed by atoms with Crippen molar-refractivity contribution in [2.45, 2.75) is 39.2 Å². The van der Waals surface area contributed by atoms with Crippen molar-refractivity contribution in [3.8, 4) is 0 Å². The van der Waals surface area contributed by atoms with E-state index in [1.807, 2.05) is 29.2 Å². The lowest BCUT2D eigenvalue weighted by Crippen LogP contribution is -2.43. The Labute approximate surface area is 103 Å². The van der Waals surface area contributed by atoms with Crippen molar-refractivity contribution in [1.29, 1.82) is 0 Å². The number of fused-ring (bicyclic) bond motifs is 1. The summed E-state index contributed by atoms with van der Waals surface area (Å²) in [5, 5.41) is 3.52. The first-order valence-corrected chi connectivity index (χ1v) is 6.36. The summed E-state index contributed by atoms with van der Waals surface area (Å²) in [5.74, 6) is 0.125. The van der Waals surface area contributed by atoms with Crippen LogP contribution in [-0.4, -0.2) is 18.5 Å². The summed E-state index contributed by atoms with van der Waals surface area (Å²) in [6.07, 6.45) is 3.51. The molecule has 3 heteroatoms. The van der Waals surface area contributed by atoms with Crippen molar-refractivity contribution in [3.05, 3.63) is 24.3 Å². The van der Waals surface area contributed by atoms with Gasteiger partial charge in [-0.2, -0.15) is 0 Å². The molecule has 1 aliphatic rings. The van der Waals surface area contributed by atoms with Gasteiger partial charge in [-0.1, -0.05) is 31.9 Å². The Morgan fingerprint density at radius 3 is 2.94 bits per heavy atom. The summed E-state index contributed by atoms with van der Waals surface area (Å²) in [6.45, 7) is 4.62. The van der Waals surface area contributed by atoms with Gasteiger partial charge in [-0.3, -0.25) is 4.79 Å². The molecule has 0 saturated heterocycles. The molecule has 3 nitrogen and oxygen atoms in total. The smallest absolute Gasteiger partial charge is 0.223 e. The number of carbonyl (C=O) groups excluding carboxylic acids is 1. The van der Waals surface area contributed by atoms with Gasteiger partial charge in [-0.25, -0.2) is 0 Å². The van der Waals surface area contributed by atoms with Gasteiger partial charge >= 0.3 is 0 Å². The van der Waals surface area contributed by atoms with E-state index in [9.17, 15) is 4.79 Å². The standard InChI is InChI=1S/C14H20N2O/c1-3-4-7-12-10-16(11(2)17)14-9-6-5-8-13(14)15-12/h5-6,8-9,12,15H,3-4,7,10H2,1-2H3. The van der Waals surface area contributed by atoms with Gasteiger partial charge < -0.3 is 10.2 Å². The maximum atomic E-state index is 11.7. The normalized spacial score (nSPS) is 18.5. The molecule has 1 aromatic carbocycles. The molecule has 0 fully saturated rings. The molecule has 1 N–H and O–H groups in total. The second kappa shape index (κ2) is 5.21. The van der Waals surface area contributed by atoms with Crippen LogP contribution in [-0.2, 0) is 4.79 Å². The molecule has 0 spiro atoms. The second-order valence-electron chi connectivity index (χ2n) is 4.63. The first-order valence-electron chi connectivity index (χ1n) is 6.36. The van der Waals surface area contributed by atoms with E-state index in [1.165, 1.54) is 12.8 Å². The zero-order valence-electron chi connectivity index (χ0n) is 10.6. The van der Waals surface area contributed by atoms with E-state index in [0.29, 0.717) is 6.04 Å². The third-order valence-corrected chi connectivity index (χ3v) is 3.24. The van der Waals surface area contributed by atoms with Gasteiger partial charge in [-0.05, 0) is 18.6 Å². The van der Waals surface area contributed by atoms with E-state index in [0.717, 1.165) is 24.3 Å². The Bertz CT molecular complexity index is 403. The van der Waals surface area contributed by atoms with E-state index >= 15 is 0 Å². The van der Waals surface area contributed by atoms with Crippen molar-refractivity contribution in [2.75, 3.05) is 16.8 Å². The lowest BCUT2D eigenvalue weighted by molar-refractivity contribution is -0.116. The summed E-state index contributed by atoms with van der Waals surface area (Å²) in [6, 6.07) is 8.41. The lowest BCUT2D eigenvalue weighted by Gasteiger charge is -2.35. The Kier molecular flexibility index (Phi) is 3.67. The predicted octanol–water partition coefficient (Wildman–Crippen LogP) is 3.02. The maximum absolute atomic E-state index is 11.7. The van der Waals surface area contributed by atoms with Crippen LogP contribution >= 0.6 is 0 Å². The molecule has 0 bridgehead atoms. The van der Waals surface area contributed by atoms with Crippen LogP contribution < -0.4 is 10.2 Å². The number of hydrogen-bond acceptors (Lipinski definition) is 2. The average molecular weight is 232 g/mol. The Morgan fingerprint density at radius 1 is 1.47 bits per heavy atom. The van der Waals surface area contributed by atoms with Gasteiger partial charge in [0.15, 0.2) is 0 Å². The monoisotopic (exact) mass is 232 g/mol. The van der Waals surface area contributed by atoms with Crippen LogP contribution in [0.2, 0.25) is 0 Å². The quantitative estimate of drug-likeness (QED) is 0.868. The van der Waals surface area contributed by atoms with Gasteiger partial charge in [0.2, 0.25) is 5.91 Å². The van der Waals surface area contributed by atoms with E-state index < -0.39 is 0 Å². The minimum atomic E-state index is 0.125. The fourth-order valence-electron chi connectivity index (χ4n) is 2.33. The van der Waals surface area contributed by atoms with Crippen molar-refractivity contribution in [3.63, 3.8) is 0 Å². The van der Waals surface area contributed by atoms with Crippen LogP contribution in [0.5, 0.6) is 0 Å². The summed E-state index contributed by atoms with van der Waals surface area (Å²) in [5.41, 5.74) is 2.09. The molecule has 0 saturated carbocycles. The molecule has 0 radical (unpaired) electrons. The number of rotatable bonds is 3. The van der Waals surface area contributed by atoms with Gasteiger partial charge in [-0.15, -0.1) is 0 Å². The van der Waals surface area contributed by atoms with Gasteiger partial charge in [0.25, 0.3) is 0 Å². The number of hydrogen-bond donors (Lipinski definition) is 1. The molecule has 1 aliphatic heterocycles. The topological polar surface area (TPSA) is 32.3 Å². The molecule has 17 heavy (non-hydrogen) atoms. The molecular formula is C14H20N2O. The van der Waals surface area contributed by atoms with E-state index in [4.69, 9.17) is 0 Å². The third kappa shape index (κ3) is 2.60. The molecule has 0 aromatic heterocycles. The highest BCUT2D eigenvalue weighted by atomic mass is 16.2. The van der Waals surface area contributed by atoms with Crippen LogP contribution in [0.1, 0.15) is 33.1 Å². The van der Waals surface area contributed by atoms with E-state index in [1.54, 1.807) is 6.92 Å². The lowest BCUT2D eigenvalue weighted by atomic mass is 10.0. The number of nitrogens with zero attached hydrogens (tertiary/aromatic N) is 1. The second-order valence-corrected chi connectivity index (χ2v) is 4.63. The number of carbonyl (C=O) groups is 1. The molecule has 2 rings (SSSR count). The van der Waals surface area contributed by atoms with Crippen LogP contribution in [0, 0.1) is 0 Å². The Balaban J connectivity index is 2.20. The third-order valence-electron chi connectivity index (χ3n) is 3.24. The first kappa shape index (κ1) is 12.0. The minimum Gasteiger partial charge on any atom is -0.379 e. The highest BCUT2D eigenvalue weighted by Gasteiger charge is 2.25. The SMILES string of the molecule is CCCCC1CN(C(C)=O)c2ccccc2N1. The molecule has 1 amide bonds. The summed E-state index contributed by atoms with van der Waals surface area (Å²) in [4.78, 5) is 13.6. The number of amides is 1. The summed E-state index contributed by atoms with van der Waals surface area (Å²) in [7, 11) is 0. The van der Waals surface area contributed by atoms with Gasteiger partial charge in [0.1, 0.15) is 0 Å². The number of unbranched alkanes of at least 4 members (excludes halogenated alkanes) is 1. The molecular weight excluding hydrogens is 212 g/mol. The van der Waals surface area contributed by atoms with Crippen molar-refractivity contribution in [2.24, 2.45) is 0 Å². The highest BCUT2D eigenvalue weighted by molar-refractivity contribution is 5.96. The van der Waals surface area contributed by atoms with Gasteiger partial charge in [0, 0.05) is 19.5 Å². The van der Waals surface area contributed by atoms with Crippen LogP contribution in [0.25, 0.3) is 0 Å². The summed E-state index contributed by atoms with van der Waals surface area (Å²) < 4.78 is 0. The zero-order valence-corrected chi connectivity index (χ0v) is 10.6. The molecule has 1 heterocycles. The molecule has 1 unspecified atom stereocenters. The van der Waals surface area contributed by atoms with Crippen molar-refractivity contribution >= 4 is 17.3 Å². The van der Waals surface area contributed by atoms with E-state index in [2.05, 4.69) is 12.2 Å². The average Bonchev–Trinajstić information content (AvgIpc) is 2.35. The number of nitrogens with one attached hydrogen (secondary N) is 1.